The van der Waals surface area contributed by atoms with Crippen molar-refractivity contribution >= 4 is 11.7 Å². The fourth-order valence-corrected chi connectivity index (χ4v) is 3.06. The van der Waals surface area contributed by atoms with Gasteiger partial charge in [-0.2, -0.15) is 4.68 Å². The summed E-state index contributed by atoms with van der Waals surface area (Å²) in [5.74, 6) is 0.346. The van der Waals surface area contributed by atoms with Crippen LogP contribution >= 0.6 is 0 Å². The van der Waals surface area contributed by atoms with E-state index in [1.807, 2.05) is 36.4 Å². The van der Waals surface area contributed by atoms with Gasteiger partial charge in [-0.05, 0) is 24.3 Å². The molecule has 3 aromatic rings. The molecule has 0 N–H and O–H groups in total. The van der Waals surface area contributed by atoms with E-state index >= 15 is 0 Å². The molecular weight excluding hydrogens is 346 g/mol. The second kappa shape index (κ2) is 7.45. The smallest absolute Gasteiger partial charge is 0.388 e. The number of amides is 1. The Morgan fingerprint density at radius 2 is 1.74 bits per heavy atom. The lowest BCUT2D eigenvalue weighted by molar-refractivity contribution is -0.132. The zero-order valence-corrected chi connectivity index (χ0v) is 14.7. The lowest BCUT2D eigenvalue weighted by Crippen LogP contribution is -2.50. The number of rotatable bonds is 4. The molecule has 0 saturated carbocycles. The Morgan fingerprint density at radius 1 is 1.00 bits per heavy atom. The third kappa shape index (κ3) is 3.74. The van der Waals surface area contributed by atoms with Crippen molar-refractivity contribution in [3.63, 3.8) is 0 Å². The van der Waals surface area contributed by atoms with Crippen LogP contribution in [-0.2, 0) is 11.3 Å². The van der Waals surface area contributed by atoms with Gasteiger partial charge in [0.2, 0.25) is 11.8 Å². The van der Waals surface area contributed by atoms with Gasteiger partial charge in [0, 0.05) is 37.9 Å². The maximum atomic E-state index is 12.6. The van der Waals surface area contributed by atoms with Crippen molar-refractivity contribution in [1.29, 1.82) is 0 Å². The molecule has 0 unspecified atom stereocenters. The molecule has 8 heteroatoms. The van der Waals surface area contributed by atoms with Crippen LogP contribution in [-0.4, -0.2) is 51.8 Å². The van der Waals surface area contributed by atoms with Gasteiger partial charge in [0.05, 0.1) is 0 Å². The Bertz CT molecular complexity index is 960. The van der Waals surface area contributed by atoms with E-state index in [9.17, 15) is 9.59 Å². The highest BCUT2D eigenvalue weighted by Gasteiger charge is 2.23. The molecule has 1 aliphatic heterocycles. The summed E-state index contributed by atoms with van der Waals surface area (Å²) in [5, 5.41) is 4.15. The van der Waals surface area contributed by atoms with Crippen molar-refractivity contribution in [1.82, 2.24) is 19.7 Å². The van der Waals surface area contributed by atoms with Crippen LogP contribution < -0.4 is 10.7 Å². The molecule has 2 aromatic heterocycles. The fraction of sp³-hybridized carbons (Fsp3) is 0.263. The Labute approximate surface area is 155 Å². The summed E-state index contributed by atoms with van der Waals surface area (Å²) < 4.78 is 6.25. The number of aromatic nitrogens is 3. The lowest BCUT2D eigenvalue weighted by atomic mass is 10.2. The monoisotopic (exact) mass is 365 g/mol. The van der Waals surface area contributed by atoms with E-state index in [2.05, 4.69) is 15.0 Å². The summed E-state index contributed by atoms with van der Waals surface area (Å²) in [6.45, 7) is 2.43. The summed E-state index contributed by atoms with van der Waals surface area (Å²) >= 11 is 0. The number of benzene rings is 1. The second-order valence-electron chi connectivity index (χ2n) is 6.25. The van der Waals surface area contributed by atoms with Crippen LogP contribution in [0, 0.1) is 0 Å². The van der Waals surface area contributed by atoms with Gasteiger partial charge in [-0.1, -0.05) is 24.3 Å². The van der Waals surface area contributed by atoms with Crippen LogP contribution in [0.5, 0.6) is 0 Å². The molecule has 1 fully saturated rings. The predicted molar refractivity (Wildman–Crippen MR) is 99.2 cm³/mol. The first-order valence-corrected chi connectivity index (χ1v) is 8.78. The van der Waals surface area contributed by atoms with Gasteiger partial charge in [-0.15, -0.1) is 5.10 Å². The molecule has 4 rings (SSSR count). The van der Waals surface area contributed by atoms with E-state index in [0.717, 1.165) is 10.5 Å². The Morgan fingerprint density at radius 3 is 2.44 bits per heavy atom. The van der Waals surface area contributed by atoms with Crippen LogP contribution in [0.4, 0.5) is 5.82 Å². The standard InChI is InChI=1S/C19H19N5O3/c25-17(23-12-10-22(11-13-23)16-8-4-5-9-20-16)14-24-19(26)27-18(21-24)15-6-2-1-3-7-15/h1-9H,10-14H2. The summed E-state index contributed by atoms with van der Waals surface area (Å²) in [5.41, 5.74) is 0.699. The number of carbonyl (C=O) groups is 1. The third-order valence-electron chi connectivity index (χ3n) is 4.52. The number of carbonyl (C=O) groups excluding carboxylic acids is 1. The van der Waals surface area contributed by atoms with Crippen LogP contribution in [0.2, 0.25) is 0 Å². The van der Waals surface area contributed by atoms with Crippen molar-refractivity contribution in [3.05, 3.63) is 65.3 Å². The summed E-state index contributed by atoms with van der Waals surface area (Å²) in [7, 11) is 0. The SMILES string of the molecule is O=C(Cn1nc(-c2ccccc2)oc1=O)N1CCN(c2ccccn2)CC1. The normalized spacial score (nSPS) is 14.4. The molecule has 1 saturated heterocycles. The molecular formula is C19H19N5O3. The Balaban J connectivity index is 1.39. The highest BCUT2D eigenvalue weighted by Crippen LogP contribution is 2.15. The zero-order chi connectivity index (χ0) is 18.6. The molecule has 0 atom stereocenters. The minimum atomic E-state index is -0.630. The Kier molecular flexibility index (Phi) is 4.69. The molecule has 1 aliphatic rings. The molecule has 0 aliphatic carbocycles. The van der Waals surface area contributed by atoms with Crippen molar-refractivity contribution in [2.24, 2.45) is 0 Å². The second-order valence-corrected chi connectivity index (χ2v) is 6.25. The minimum absolute atomic E-state index is 0.126. The molecule has 138 valence electrons. The van der Waals surface area contributed by atoms with Gasteiger partial charge < -0.3 is 14.2 Å². The molecule has 0 bridgehead atoms. The van der Waals surface area contributed by atoms with Gasteiger partial charge >= 0.3 is 5.76 Å². The van der Waals surface area contributed by atoms with Gasteiger partial charge in [0.25, 0.3) is 0 Å². The first-order chi connectivity index (χ1) is 13.2. The number of hydrogen-bond donors (Lipinski definition) is 0. The van der Waals surface area contributed by atoms with E-state index in [4.69, 9.17) is 4.42 Å². The van der Waals surface area contributed by atoms with Crippen molar-refractivity contribution in [2.75, 3.05) is 31.1 Å². The van der Waals surface area contributed by atoms with E-state index in [-0.39, 0.29) is 18.3 Å². The fourth-order valence-electron chi connectivity index (χ4n) is 3.06. The predicted octanol–water partition coefficient (Wildman–Crippen LogP) is 1.25. The first kappa shape index (κ1) is 17.0. The summed E-state index contributed by atoms with van der Waals surface area (Å²) in [4.78, 5) is 32.8. The minimum Gasteiger partial charge on any atom is -0.388 e. The van der Waals surface area contributed by atoms with Crippen molar-refractivity contribution < 1.29 is 9.21 Å². The topological polar surface area (TPSA) is 84.5 Å². The van der Waals surface area contributed by atoms with Crippen LogP contribution in [0.3, 0.4) is 0 Å². The van der Waals surface area contributed by atoms with Gasteiger partial charge in [-0.25, -0.2) is 9.78 Å². The average molecular weight is 365 g/mol. The molecule has 27 heavy (non-hydrogen) atoms. The quantitative estimate of drug-likeness (QED) is 0.692. The van der Waals surface area contributed by atoms with E-state index < -0.39 is 5.76 Å². The van der Waals surface area contributed by atoms with Gasteiger partial charge in [0.1, 0.15) is 12.4 Å². The number of hydrogen-bond acceptors (Lipinski definition) is 6. The summed E-state index contributed by atoms with van der Waals surface area (Å²) in [6.07, 6.45) is 1.76. The number of anilines is 1. The summed E-state index contributed by atoms with van der Waals surface area (Å²) in [6, 6.07) is 14.9. The number of pyridine rings is 1. The molecule has 8 nitrogen and oxygen atoms in total. The van der Waals surface area contributed by atoms with E-state index in [1.165, 1.54) is 0 Å². The Hall–Kier alpha value is -3.42. The first-order valence-electron chi connectivity index (χ1n) is 8.78. The molecule has 0 radical (unpaired) electrons. The third-order valence-corrected chi connectivity index (χ3v) is 4.52. The highest BCUT2D eigenvalue weighted by atomic mass is 16.4. The average Bonchev–Trinajstić information content (AvgIpc) is 3.10. The lowest BCUT2D eigenvalue weighted by Gasteiger charge is -2.35. The zero-order valence-electron chi connectivity index (χ0n) is 14.7. The van der Waals surface area contributed by atoms with Crippen molar-refractivity contribution in [2.45, 2.75) is 6.54 Å². The van der Waals surface area contributed by atoms with Crippen LogP contribution in [0.15, 0.2) is 63.9 Å². The number of nitrogens with zero attached hydrogens (tertiary/aromatic N) is 5. The molecule has 1 amide bonds. The van der Waals surface area contributed by atoms with Crippen LogP contribution in [0.25, 0.3) is 11.5 Å². The highest BCUT2D eigenvalue weighted by molar-refractivity contribution is 5.76. The van der Waals surface area contributed by atoms with E-state index in [0.29, 0.717) is 31.7 Å². The molecule has 0 spiro atoms. The van der Waals surface area contributed by atoms with Crippen LogP contribution in [0.1, 0.15) is 0 Å². The van der Waals surface area contributed by atoms with Gasteiger partial charge in [-0.3, -0.25) is 4.79 Å². The van der Waals surface area contributed by atoms with E-state index in [1.54, 1.807) is 23.2 Å². The molecule has 1 aromatic carbocycles. The van der Waals surface area contributed by atoms with Gasteiger partial charge in [0.15, 0.2) is 0 Å². The largest absolute Gasteiger partial charge is 0.437 e. The molecule has 3 heterocycles. The number of piperazine rings is 1. The maximum absolute atomic E-state index is 12.6. The maximum Gasteiger partial charge on any atom is 0.437 e. The van der Waals surface area contributed by atoms with Crippen molar-refractivity contribution in [3.8, 4) is 11.5 Å².